The minimum Gasteiger partial charge on any atom is -0.342 e. The van der Waals surface area contributed by atoms with Crippen molar-refractivity contribution in [2.75, 3.05) is 13.1 Å². The second kappa shape index (κ2) is 8.24. The van der Waals surface area contributed by atoms with Crippen LogP contribution in [0.5, 0.6) is 0 Å². The summed E-state index contributed by atoms with van der Waals surface area (Å²) in [7, 11) is 0. The maximum atomic E-state index is 13.1. The Morgan fingerprint density at radius 3 is 2.59 bits per heavy atom. The zero-order chi connectivity index (χ0) is 18.6. The molecule has 1 fully saturated rings. The molecule has 1 saturated heterocycles. The van der Waals surface area contributed by atoms with E-state index in [0.29, 0.717) is 5.92 Å². The summed E-state index contributed by atoms with van der Waals surface area (Å²) >= 11 is 0. The molecule has 1 atom stereocenters. The Morgan fingerprint density at radius 2 is 1.85 bits per heavy atom. The van der Waals surface area contributed by atoms with Gasteiger partial charge in [0, 0.05) is 32.0 Å². The summed E-state index contributed by atoms with van der Waals surface area (Å²) < 4.78 is 2.37. The van der Waals surface area contributed by atoms with Crippen LogP contribution in [0.2, 0.25) is 0 Å². The summed E-state index contributed by atoms with van der Waals surface area (Å²) in [5.41, 5.74) is 1.13. The SMILES string of the molecule is CCC(C(=O)N1CCC(c2nnc3n2CCCCC3)CC1)c1ccccc1. The Balaban J connectivity index is 1.42. The van der Waals surface area contributed by atoms with Crippen molar-refractivity contribution in [2.45, 2.75) is 70.3 Å². The van der Waals surface area contributed by atoms with Crippen molar-refractivity contribution in [3.63, 3.8) is 0 Å². The van der Waals surface area contributed by atoms with Gasteiger partial charge in [0.1, 0.15) is 11.6 Å². The summed E-state index contributed by atoms with van der Waals surface area (Å²) in [5.74, 6) is 3.02. The molecule has 1 aromatic carbocycles. The highest BCUT2D eigenvalue weighted by Crippen LogP contribution is 2.31. The number of carbonyl (C=O) groups is 1. The molecule has 3 heterocycles. The third-order valence-electron chi connectivity index (χ3n) is 6.22. The third-order valence-corrected chi connectivity index (χ3v) is 6.22. The van der Waals surface area contributed by atoms with Gasteiger partial charge in [-0.2, -0.15) is 0 Å². The molecule has 27 heavy (non-hydrogen) atoms. The lowest BCUT2D eigenvalue weighted by atomic mass is 9.91. The van der Waals surface area contributed by atoms with Crippen molar-refractivity contribution < 1.29 is 4.79 Å². The van der Waals surface area contributed by atoms with E-state index in [4.69, 9.17) is 0 Å². The Kier molecular flexibility index (Phi) is 5.55. The Hall–Kier alpha value is -2.17. The van der Waals surface area contributed by atoms with Crippen LogP contribution in [0.1, 0.15) is 74.5 Å². The van der Waals surface area contributed by atoms with Gasteiger partial charge in [0.05, 0.1) is 5.92 Å². The quantitative estimate of drug-likeness (QED) is 0.824. The van der Waals surface area contributed by atoms with E-state index < -0.39 is 0 Å². The highest BCUT2D eigenvalue weighted by atomic mass is 16.2. The van der Waals surface area contributed by atoms with Crippen molar-refractivity contribution in [3.8, 4) is 0 Å². The maximum Gasteiger partial charge on any atom is 0.230 e. The molecule has 0 spiro atoms. The van der Waals surface area contributed by atoms with Crippen molar-refractivity contribution in [1.82, 2.24) is 19.7 Å². The predicted octanol–water partition coefficient (Wildman–Crippen LogP) is 3.90. The molecule has 0 radical (unpaired) electrons. The number of piperidine rings is 1. The first-order chi connectivity index (χ1) is 13.3. The average Bonchev–Trinajstić information content (AvgIpc) is 2.97. The second-order valence-corrected chi connectivity index (χ2v) is 7.91. The van der Waals surface area contributed by atoms with Crippen LogP contribution in [-0.2, 0) is 17.8 Å². The number of hydrogen-bond acceptors (Lipinski definition) is 3. The first-order valence-corrected chi connectivity index (χ1v) is 10.5. The van der Waals surface area contributed by atoms with Crippen LogP contribution in [0.3, 0.4) is 0 Å². The van der Waals surface area contributed by atoms with Crippen LogP contribution in [0.25, 0.3) is 0 Å². The van der Waals surface area contributed by atoms with Gasteiger partial charge in [-0.3, -0.25) is 4.79 Å². The number of carbonyl (C=O) groups excluding carboxylic acids is 1. The smallest absolute Gasteiger partial charge is 0.230 e. The molecule has 0 N–H and O–H groups in total. The summed E-state index contributed by atoms with van der Waals surface area (Å²) in [6.07, 6.45) is 7.63. The van der Waals surface area contributed by atoms with E-state index in [1.54, 1.807) is 0 Å². The molecule has 5 nitrogen and oxygen atoms in total. The largest absolute Gasteiger partial charge is 0.342 e. The fourth-order valence-electron chi connectivity index (χ4n) is 4.63. The van der Waals surface area contributed by atoms with Gasteiger partial charge in [0.25, 0.3) is 0 Å². The monoisotopic (exact) mass is 366 g/mol. The topological polar surface area (TPSA) is 51.0 Å². The van der Waals surface area contributed by atoms with Crippen LogP contribution in [0.4, 0.5) is 0 Å². The van der Waals surface area contributed by atoms with Gasteiger partial charge in [-0.25, -0.2) is 0 Å². The Bertz CT molecular complexity index is 762. The van der Waals surface area contributed by atoms with Crippen molar-refractivity contribution in [2.24, 2.45) is 0 Å². The number of rotatable bonds is 4. The van der Waals surface area contributed by atoms with E-state index in [2.05, 4.69) is 38.7 Å². The van der Waals surface area contributed by atoms with Gasteiger partial charge in [-0.05, 0) is 37.7 Å². The van der Waals surface area contributed by atoms with Crippen LogP contribution in [0, 0.1) is 0 Å². The number of fused-ring (bicyclic) bond motifs is 1. The minimum absolute atomic E-state index is 0.0212. The van der Waals surface area contributed by atoms with Gasteiger partial charge in [-0.15, -0.1) is 10.2 Å². The lowest BCUT2D eigenvalue weighted by Gasteiger charge is -2.34. The number of aryl methyl sites for hydroxylation is 1. The summed E-state index contributed by atoms with van der Waals surface area (Å²) in [4.78, 5) is 15.2. The molecule has 1 unspecified atom stereocenters. The second-order valence-electron chi connectivity index (χ2n) is 7.91. The van der Waals surface area contributed by atoms with E-state index in [9.17, 15) is 4.79 Å². The van der Waals surface area contributed by atoms with Crippen molar-refractivity contribution in [1.29, 1.82) is 0 Å². The van der Waals surface area contributed by atoms with Gasteiger partial charge in [-0.1, -0.05) is 43.7 Å². The molecular formula is C22H30N4O. The van der Waals surface area contributed by atoms with Gasteiger partial charge in [0.2, 0.25) is 5.91 Å². The highest BCUT2D eigenvalue weighted by Gasteiger charge is 2.31. The molecule has 5 heteroatoms. The van der Waals surface area contributed by atoms with Crippen LogP contribution < -0.4 is 0 Å². The number of nitrogens with zero attached hydrogens (tertiary/aromatic N) is 4. The lowest BCUT2D eigenvalue weighted by molar-refractivity contribution is -0.134. The molecule has 1 aromatic heterocycles. The van der Waals surface area contributed by atoms with E-state index in [1.807, 2.05) is 18.2 Å². The van der Waals surface area contributed by atoms with Crippen LogP contribution >= 0.6 is 0 Å². The molecule has 2 aliphatic heterocycles. The third kappa shape index (κ3) is 3.78. The molecule has 0 saturated carbocycles. The van der Waals surface area contributed by atoms with E-state index in [0.717, 1.165) is 62.5 Å². The van der Waals surface area contributed by atoms with Crippen LogP contribution in [-0.4, -0.2) is 38.7 Å². The molecule has 1 amide bonds. The molecule has 0 aliphatic carbocycles. The predicted molar refractivity (Wildman–Crippen MR) is 106 cm³/mol. The first-order valence-electron chi connectivity index (χ1n) is 10.5. The molecular weight excluding hydrogens is 336 g/mol. The summed E-state index contributed by atoms with van der Waals surface area (Å²) in [6, 6.07) is 10.2. The number of likely N-dealkylation sites (tertiary alicyclic amines) is 1. The lowest BCUT2D eigenvalue weighted by Crippen LogP contribution is -2.41. The highest BCUT2D eigenvalue weighted by molar-refractivity contribution is 5.83. The van der Waals surface area contributed by atoms with Crippen molar-refractivity contribution in [3.05, 3.63) is 47.5 Å². The fourth-order valence-corrected chi connectivity index (χ4v) is 4.63. The average molecular weight is 367 g/mol. The zero-order valence-electron chi connectivity index (χ0n) is 16.3. The molecule has 2 aromatic rings. The number of hydrogen-bond donors (Lipinski definition) is 0. The van der Waals surface area contributed by atoms with E-state index >= 15 is 0 Å². The van der Waals surface area contributed by atoms with E-state index in [-0.39, 0.29) is 11.8 Å². The number of aromatic nitrogens is 3. The maximum absolute atomic E-state index is 13.1. The number of benzene rings is 1. The molecule has 0 bridgehead atoms. The van der Waals surface area contributed by atoms with Gasteiger partial charge < -0.3 is 9.47 Å². The first kappa shape index (κ1) is 18.2. The zero-order valence-corrected chi connectivity index (χ0v) is 16.3. The van der Waals surface area contributed by atoms with Gasteiger partial charge >= 0.3 is 0 Å². The molecule has 144 valence electrons. The Labute approximate surface area is 161 Å². The number of amides is 1. The van der Waals surface area contributed by atoms with Crippen LogP contribution in [0.15, 0.2) is 30.3 Å². The minimum atomic E-state index is -0.0212. The standard InChI is InChI=1S/C22H30N4O/c1-2-19(17-9-5-3-6-10-17)22(27)25-15-12-18(13-16-25)21-24-23-20-11-7-4-8-14-26(20)21/h3,5-6,9-10,18-19H,2,4,7-8,11-16H2,1H3. The van der Waals surface area contributed by atoms with Crippen molar-refractivity contribution >= 4 is 5.91 Å². The molecule has 4 rings (SSSR count). The normalized spacial score (nSPS) is 19.4. The summed E-state index contributed by atoms with van der Waals surface area (Å²) in [6.45, 7) is 4.82. The molecule has 2 aliphatic rings. The summed E-state index contributed by atoms with van der Waals surface area (Å²) in [5, 5.41) is 9.00. The fraction of sp³-hybridized carbons (Fsp3) is 0.591. The van der Waals surface area contributed by atoms with E-state index in [1.165, 1.54) is 19.3 Å². The van der Waals surface area contributed by atoms with Gasteiger partial charge in [0.15, 0.2) is 0 Å². The Morgan fingerprint density at radius 1 is 1.07 bits per heavy atom.